The van der Waals surface area contributed by atoms with Crippen LogP contribution in [-0.2, 0) is 10.0 Å². The zero-order valence-corrected chi connectivity index (χ0v) is 9.38. The van der Waals surface area contributed by atoms with E-state index in [1.807, 2.05) is 11.8 Å². The summed E-state index contributed by atoms with van der Waals surface area (Å²) in [6, 6.07) is 0.575. The molecule has 1 unspecified atom stereocenters. The maximum absolute atomic E-state index is 10.7. The summed E-state index contributed by atoms with van der Waals surface area (Å²) < 4.78 is 23.8. The maximum atomic E-state index is 10.7. The highest BCUT2D eigenvalue weighted by molar-refractivity contribution is 7.99. The average Bonchev–Trinajstić information content (AvgIpc) is 2.48. The zero-order valence-electron chi connectivity index (χ0n) is 7.75. The van der Waals surface area contributed by atoms with Gasteiger partial charge in [0, 0.05) is 24.9 Å². The van der Waals surface area contributed by atoms with Gasteiger partial charge in [-0.2, -0.15) is 11.8 Å². The monoisotopic (exact) mass is 224 g/mol. The highest BCUT2D eigenvalue weighted by Crippen LogP contribution is 2.16. The molecule has 0 radical (unpaired) electrons. The summed E-state index contributed by atoms with van der Waals surface area (Å²) in [6.45, 7) is 1.21. The minimum atomic E-state index is -3.02. The molecule has 0 amide bonds. The number of rotatable bonds is 5. The Kier molecular flexibility index (Phi) is 4.51. The molecule has 1 heterocycles. The molecule has 1 aliphatic heterocycles. The summed E-state index contributed by atoms with van der Waals surface area (Å²) in [6.07, 6.45) is 2.38. The van der Waals surface area contributed by atoms with Gasteiger partial charge in [0.1, 0.15) is 0 Å². The highest BCUT2D eigenvalue weighted by atomic mass is 32.2. The van der Waals surface area contributed by atoms with Crippen LogP contribution >= 0.6 is 11.8 Å². The first-order chi connectivity index (χ1) is 6.08. The fourth-order valence-corrected chi connectivity index (χ4v) is 2.87. The summed E-state index contributed by atoms with van der Waals surface area (Å²) >= 11 is 1.94. The van der Waals surface area contributed by atoms with Crippen molar-refractivity contribution >= 4 is 21.8 Å². The molecule has 1 atom stereocenters. The van der Waals surface area contributed by atoms with Gasteiger partial charge in [0.15, 0.2) is 0 Å². The van der Waals surface area contributed by atoms with Crippen LogP contribution in [-0.4, -0.2) is 45.3 Å². The molecule has 1 saturated heterocycles. The van der Waals surface area contributed by atoms with Crippen LogP contribution in [0.15, 0.2) is 0 Å². The van der Waals surface area contributed by atoms with Gasteiger partial charge in [0.2, 0.25) is 10.0 Å². The van der Waals surface area contributed by atoms with Crippen LogP contribution in [0.2, 0.25) is 0 Å². The van der Waals surface area contributed by atoms with Crippen molar-refractivity contribution in [2.24, 2.45) is 0 Å². The first-order valence-corrected chi connectivity index (χ1v) is 7.38. The van der Waals surface area contributed by atoms with Gasteiger partial charge in [-0.3, -0.25) is 0 Å². The van der Waals surface area contributed by atoms with Gasteiger partial charge in [-0.05, 0) is 12.2 Å². The lowest BCUT2D eigenvalue weighted by Crippen LogP contribution is -2.36. The molecule has 0 aromatic rings. The largest absolute Gasteiger partial charge is 0.312 e. The van der Waals surface area contributed by atoms with Crippen LogP contribution in [0.3, 0.4) is 0 Å². The molecule has 1 rings (SSSR count). The SMILES string of the molecule is CS(=O)(=O)NCCNC1CCSC1. The van der Waals surface area contributed by atoms with Crippen LogP contribution in [0.1, 0.15) is 6.42 Å². The topological polar surface area (TPSA) is 58.2 Å². The van der Waals surface area contributed by atoms with Gasteiger partial charge < -0.3 is 5.32 Å². The van der Waals surface area contributed by atoms with E-state index in [-0.39, 0.29) is 0 Å². The summed E-state index contributed by atoms with van der Waals surface area (Å²) in [5.41, 5.74) is 0. The molecule has 0 spiro atoms. The molecule has 0 saturated carbocycles. The summed E-state index contributed by atoms with van der Waals surface area (Å²) in [5.74, 6) is 2.37. The van der Waals surface area contributed by atoms with Crippen LogP contribution in [0.25, 0.3) is 0 Å². The van der Waals surface area contributed by atoms with Gasteiger partial charge in [-0.25, -0.2) is 13.1 Å². The Morgan fingerprint density at radius 3 is 2.77 bits per heavy atom. The Labute approximate surface area is 83.9 Å². The molecular formula is C7H16N2O2S2. The Hall–Kier alpha value is 0.220. The van der Waals surface area contributed by atoms with Crippen LogP contribution in [0, 0.1) is 0 Å². The maximum Gasteiger partial charge on any atom is 0.208 e. The summed E-state index contributed by atoms with van der Waals surface area (Å²) in [4.78, 5) is 0. The van der Waals surface area contributed by atoms with Gasteiger partial charge in [0.25, 0.3) is 0 Å². The van der Waals surface area contributed by atoms with Crippen molar-refractivity contribution in [3.63, 3.8) is 0 Å². The normalized spacial score (nSPS) is 23.6. The van der Waals surface area contributed by atoms with Crippen LogP contribution in [0.4, 0.5) is 0 Å². The van der Waals surface area contributed by atoms with Crippen LogP contribution in [0.5, 0.6) is 0 Å². The minimum absolute atomic E-state index is 0.486. The van der Waals surface area contributed by atoms with E-state index in [1.54, 1.807) is 0 Å². The second-order valence-electron chi connectivity index (χ2n) is 3.18. The highest BCUT2D eigenvalue weighted by Gasteiger charge is 2.13. The Balaban J connectivity index is 2.01. The smallest absolute Gasteiger partial charge is 0.208 e. The van der Waals surface area contributed by atoms with Gasteiger partial charge in [-0.15, -0.1) is 0 Å². The molecule has 2 N–H and O–H groups in total. The lowest BCUT2D eigenvalue weighted by molar-refractivity contribution is 0.547. The molecule has 0 aromatic heterocycles. The Bertz CT molecular complexity index is 235. The van der Waals surface area contributed by atoms with E-state index in [2.05, 4.69) is 10.0 Å². The van der Waals surface area contributed by atoms with Crippen molar-refractivity contribution in [3.8, 4) is 0 Å². The van der Waals surface area contributed by atoms with Crippen molar-refractivity contribution < 1.29 is 8.42 Å². The molecule has 6 heteroatoms. The van der Waals surface area contributed by atoms with Crippen molar-refractivity contribution in [2.75, 3.05) is 30.9 Å². The van der Waals surface area contributed by atoms with E-state index in [1.165, 1.54) is 18.4 Å². The molecule has 0 aromatic carbocycles. The number of thioether (sulfide) groups is 1. The quantitative estimate of drug-likeness (QED) is 0.626. The lowest BCUT2D eigenvalue weighted by atomic mass is 10.3. The second kappa shape index (κ2) is 5.19. The van der Waals surface area contributed by atoms with Crippen LogP contribution < -0.4 is 10.0 Å². The Morgan fingerprint density at radius 1 is 1.46 bits per heavy atom. The summed E-state index contributed by atoms with van der Waals surface area (Å²) in [5, 5.41) is 3.31. The molecule has 4 nitrogen and oxygen atoms in total. The fraction of sp³-hybridized carbons (Fsp3) is 1.00. The first kappa shape index (κ1) is 11.3. The standard InChI is InChI=1S/C7H16N2O2S2/c1-13(10,11)9-4-3-8-7-2-5-12-6-7/h7-9H,2-6H2,1H3. The zero-order chi connectivity index (χ0) is 9.73. The van der Waals surface area contributed by atoms with Gasteiger partial charge in [-0.1, -0.05) is 0 Å². The molecule has 0 bridgehead atoms. The van der Waals surface area contributed by atoms with Crippen molar-refractivity contribution in [1.82, 2.24) is 10.0 Å². The second-order valence-corrected chi connectivity index (χ2v) is 6.16. The summed E-state index contributed by atoms with van der Waals surface area (Å²) in [7, 11) is -3.02. The molecule has 1 aliphatic rings. The number of nitrogens with one attached hydrogen (secondary N) is 2. The molecule has 0 aliphatic carbocycles. The van der Waals surface area contributed by atoms with Gasteiger partial charge >= 0.3 is 0 Å². The van der Waals surface area contributed by atoms with E-state index in [9.17, 15) is 8.42 Å². The third-order valence-electron chi connectivity index (χ3n) is 1.85. The number of sulfonamides is 1. The minimum Gasteiger partial charge on any atom is -0.312 e. The first-order valence-electron chi connectivity index (χ1n) is 4.34. The third kappa shape index (κ3) is 5.51. The number of hydrogen-bond acceptors (Lipinski definition) is 4. The third-order valence-corrected chi connectivity index (χ3v) is 3.74. The van der Waals surface area contributed by atoms with E-state index in [0.717, 1.165) is 12.3 Å². The average molecular weight is 224 g/mol. The predicted molar refractivity (Wildman–Crippen MR) is 56.6 cm³/mol. The predicted octanol–water partition coefficient (Wildman–Crippen LogP) is -0.369. The Morgan fingerprint density at radius 2 is 2.23 bits per heavy atom. The molecule has 78 valence electrons. The number of hydrogen-bond donors (Lipinski definition) is 2. The van der Waals surface area contributed by atoms with Crippen molar-refractivity contribution in [2.45, 2.75) is 12.5 Å². The molecule has 1 fully saturated rings. The molecular weight excluding hydrogens is 208 g/mol. The fourth-order valence-electron chi connectivity index (χ4n) is 1.21. The van der Waals surface area contributed by atoms with Crippen molar-refractivity contribution in [1.29, 1.82) is 0 Å². The van der Waals surface area contributed by atoms with E-state index in [0.29, 0.717) is 12.6 Å². The van der Waals surface area contributed by atoms with E-state index in [4.69, 9.17) is 0 Å². The lowest BCUT2D eigenvalue weighted by Gasteiger charge is -2.10. The van der Waals surface area contributed by atoms with Crippen molar-refractivity contribution in [3.05, 3.63) is 0 Å². The molecule has 13 heavy (non-hydrogen) atoms. The van der Waals surface area contributed by atoms with E-state index >= 15 is 0 Å². The van der Waals surface area contributed by atoms with E-state index < -0.39 is 10.0 Å². The van der Waals surface area contributed by atoms with Gasteiger partial charge in [0.05, 0.1) is 6.26 Å².